The van der Waals surface area contributed by atoms with Crippen LogP contribution >= 0.6 is 11.6 Å². The highest BCUT2D eigenvalue weighted by Gasteiger charge is 2.38. The number of carbonyl (C=O) groups is 1. The third-order valence-electron chi connectivity index (χ3n) is 3.00. The number of aromatic nitrogens is 1. The number of carboxylic acids is 1. The highest BCUT2D eigenvalue weighted by molar-refractivity contribution is 6.30. The van der Waals surface area contributed by atoms with E-state index in [9.17, 15) is 18.0 Å². The van der Waals surface area contributed by atoms with Gasteiger partial charge in [-0.1, -0.05) is 23.7 Å². The fourth-order valence-electron chi connectivity index (χ4n) is 1.73. The Morgan fingerprint density at radius 1 is 1.30 bits per heavy atom. The van der Waals surface area contributed by atoms with Crippen molar-refractivity contribution in [2.75, 3.05) is 0 Å². The molecule has 0 aliphatic carbocycles. The van der Waals surface area contributed by atoms with E-state index in [1.807, 2.05) is 0 Å². The van der Waals surface area contributed by atoms with E-state index in [-0.39, 0.29) is 17.0 Å². The molecule has 1 unspecified atom stereocenters. The van der Waals surface area contributed by atoms with Gasteiger partial charge in [0.2, 0.25) is 5.88 Å². The van der Waals surface area contributed by atoms with Gasteiger partial charge in [0.15, 0.2) is 6.10 Å². The molecular weight excluding hydrogens is 335 g/mol. The second-order valence-electron chi connectivity index (χ2n) is 4.69. The molecule has 8 heteroatoms. The molecule has 0 fully saturated rings. The van der Waals surface area contributed by atoms with Crippen molar-refractivity contribution in [1.29, 1.82) is 0 Å². The molecule has 0 spiro atoms. The van der Waals surface area contributed by atoms with Gasteiger partial charge in [-0.3, -0.25) is 0 Å². The molecule has 4 nitrogen and oxygen atoms in total. The van der Waals surface area contributed by atoms with E-state index in [4.69, 9.17) is 21.4 Å². The molecule has 0 saturated carbocycles. The number of pyridine rings is 1. The van der Waals surface area contributed by atoms with E-state index in [0.717, 1.165) is 13.1 Å². The third-order valence-corrected chi connectivity index (χ3v) is 3.25. The van der Waals surface area contributed by atoms with Crippen LogP contribution in [-0.4, -0.2) is 28.3 Å². The predicted octanol–water partition coefficient (Wildman–Crippen LogP) is 4.43. The molecule has 1 aromatic heterocycles. The lowest BCUT2D eigenvalue weighted by atomic mass is 10.1. The first-order valence-electron chi connectivity index (χ1n) is 6.41. The summed E-state index contributed by atoms with van der Waals surface area (Å²) in [4.78, 5) is 14.8. The average molecular weight is 346 g/mol. The molecule has 0 bridgehead atoms. The largest absolute Gasteiger partial charge is 0.478 e. The van der Waals surface area contributed by atoms with Gasteiger partial charge in [0.25, 0.3) is 0 Å². The first-order valence-corrected chi connectivity index (χ1v) is 6.79. The topological polar surface area (TPSA) is 59.4 Å². The molecule has 23 heavy (non-hydrogen) atoms. The van der Waals surface area contributed by atoms with Crippen molar-refractivity contribution in [2.45, 2.75) is 19.2 Å². The van der Waals surface area contributed by atoms with Crippen LogP contribution in [0.15, 0.2) is 36.5 Å². The molecule has 0 radical (unpaired) electrons. The second-order valence-corrected chi connectivity index (χ2v) is 5.13. The van der Waals surface area contributed by atoms with E-state index < -0.39 is 18.2 Å². The number of halogens is 4. The van der Waals surface area contributed by atoms with Crippen molar-refractivity contribution < 1.29 is 27.8 Å². The second kappa shape index (κ2) is 6.45. The lowest BCUT2D eigenvalue weighted by Gasteiger charge is -2.19. The maximum absolute atomic E-state index is 12.7. The Balaban J connectivity index is 2.49. The summed E-state index contributed by atoms with van der Waals surface area (Å²) in [6.07, 6.45) is -5.71. The van der Waals surface area contributed by atoms with Gasteiger partial charge in [-0.25, -0.2) is 9.78 Å². The standard InChI is InChI=1S/C15H11ClF3NO3/c1-8(15(17,18)19)23-13-12(6-10(7-20-13)14(21)22)9-2-4-11(16)5-3-9/h2-8H,1H3,(H,21,22). The van der Waals surface area contributed by atoms with E-state index in [1.54, 1.807) is 0 Å². The van der Waals surface area contributed by atoms with E-state index in [1.165, 1.54) is 30.3 Å². The summed E-state index contributed by atoms with van der Waals surface area (Å²) in [7, 11) is 0. The molecule has 122 valence electrons. The quantitative estimate of drug-likeness (QED) is 0.890. The van der Waals surface area contributed by atoms with Crippen LogP contribution < -0.4 is 4.74 Å². The van der Waals surface area contributed by atoms with Crippen LogP contribution in [0.2, 0.25) is 5.02 Å². The maximum atomic E-state index is 12.7. The fraction of sp³-hybridized carbons (Fsp3) is 0.200. The smallest absolute Gasteiger partial charge is 0.425 e. The van der Waals surface area contributed by atoms with Gasteiger partial charge in [-0.15, -0.1) is 0 Å². The number of benzene rings is 1. The first-order chi connectivity index (χ1) is 10.7. The number of nitrogens with zero attached hydrogens (tertiary/aromatic N) is 1. The molecule has 0 saturated heterocycles. The monoisotopic (exact) mass is 345 g/mol. The van der Waals surface area contributed by atoms with Crippen LogP contribution in [0.3, 0.4) is 0 Å². The summed E-state index contributed by atoms with van der Waals surface area (Å²) in [5, 5.41) is 9.45. The van der Waals surface area contributed by atoms with Gasteiger partial charge in [0.1, 0.15) is 0 Å². The SMILES string of the molecule is CC(Oc1ncc(C(=O)O)cc1-c1ccc(Cl)cc1)C(F)(F)F. The Morgan fingerprint density at radius 3 is 2.43 bits per heavy atom. The van der Waals surface area contributed by atoms with E-state index >= 15 is 0 Å². The summed E-state index contributed by atoms with van der Waals surface area (Å²) >= 11 is 5.78. The van der Waals surface area contributed by atoms with Crippen LogP contribution in [0, 0.1) is 0 Å². The molecule has 2 aromatic rings. The Kier molecular flexibility index (Phi) is 4.79. The molecule has 1 N–H and O–H groups in total. The minimum absolute atomic E-state index is 0.137. The maximum Gasteiger partial charge on any atom is 0.425 e. The first kappa shape index (κ1) is 17.1. The Labute approximate surface area is 134 Å². The summed E-state index contributed by atoms with van der Waals surface area (Å²) in [6, 6.07) is 7.34. The van der Waals surface area contributed by atoms with Gasteiger partial charge in [-0.05, 0) is 30.7 Å². The lowest BCUT2D eigenvalue weighted by Crippen LogP contribution is -2.31. The number of alkyl halides is 3. The molecule has 1 atom stereocenters. The number of rotatable bonds is 4. The highest BCUT2D eigenvalue weighted by Crippen LogP contribution is 2.33. The number of aromatic carboxylic acids is 1. The van der Waals surface area contributed by atoms with Crippen molar-refractivity contribution >= 4 is 17.6 Å². The summed E-state index contributed by atoms with van der Waals surface area (Å²) in [5.74, 6) is -1.55. The molecule has 1 aromatic carbocycles. The summed E-state index contributed by atoms with van der Waals surface area (Å²) in [6.45, 7) is 0.846. The van der Waals surface area contributed by atoms with Gasteiger partial charge in [-0.2, -0.15) is 13.2 Å². The third kappa shape index (κ3) is 4.13. The summed E-state index contributed by atoms with van der Waals surface area (Å²) < 4.78 is 42.9. The molecule has 0 amide bonds. The van der Waals surface area contributed by atoms with Gasteiger partial charge < -0.3 is 9.84 Å². The van der Waals surface area contributed by atoms with Crippen LogP contribution in [0.1, 0.15) is 17.3 Å². The predicted molar refractivity (Wildman–Crippen MR) is 77.8 cm³/mol. The van der Waals surface area contributed by atoms with E-state index in [2.05, 4.69) is 4.98 Å². The number of carboxylic acid groups (broad SMARTS) is 1. The van der Waals surface area contributed by atoms with Crippen LogP contribution in [0.5, 0.6) is 5.88 Å². The molecular formula is C15H11ClF3NO3. The van der Waals surface area contributed by atoms with Crippen molar-refractivity contribution in [1.82, 2.24) is 4.98 Å². The van der Waals surface area contributed by atoms with Crippen molar-refractivity contribution in [3.8, 4) is 17.0 Å². The Morgan fingerprint density at radius 2 is 1.91 bits per heavy atom. The van der Waals surface area contributed by atoms with Gasteiger partial charge in [0, 0.05) is 16.8 Å². The zero-order valence-corrected chi connectivity index (χ0v) is 12.5. The minimum Gasteiger partial charge on any atom is -0.478 e. The van der Waals surface area contributed by atoms with Crippen LogP contribution in [0.25, 0.3) is 11.1 Å². The van der Waals surface area contributed by atoms with Crippen molar-refractivity contribution in [3.63, 3.8) is 0 Å². The highest BCUT2D eigenvalue weighted by atomic mass is 35.5. The van der Waals surface area contributed by atoms with E-state index in [0.29, 0.717) is 10.6 Å². The fourth-order valence-corrected chi connectivity index (χ4v) is 1.86. The number of hydrogen-bond donors (Lipinski definition) is 1. The van der Waals surface area contributed by atoms with Crippen molar-refractivity contribution in [3.05, 3.63) is 47.1 Å². The number of ether oxygens (including phenoxy) is 1. The Hall–Kier alpha value is -2.28. The molecule has 1 heterocycles. The Bertz CT molecular complexity index is 717. The van der Waals surface area contributed by atoms with Crippen LogP contribution in [-0.2, 0) is 0 Å². The van der Waals surface area contributed by atoms with Crippen LogP contribution in [0.4, 0.5) is 13.2 Å². The van der Waals surface area contributed by atoms with Gasteiger partial charge in [0.05, 0.1) is 5.56 Å². The summed E-state index contributed by atoms with van der Waals surface area (Å²) in [5.41, 5.74) is 0.411. The van der Waals surface area contributed by atoms with Crippen molar-refractivity contribution in [2.24, 2.45) is 0 Å². The zero-order chi connectivity index (χ0) is 17.2. The normalized spacial score (nSPS) is 12.7. The molecule has 2 rings (SSSR count). The zero-order valence-electron chi connectivity index (χ0n) is 11.8. The molecule has 0 aliphatic rings. The minimum atomic E-state index is -4.57. The number of hydrogen-bond acceptors (Lipinski definition) is 3. The molecule has 0 aliphatic heterocycles. The average Bonchev–Trinajstić information content (AvgIpc) is 2.47. The van der Waals surface area contributed by atoms with Gasteiger partial charge >= 0.3 is 12.1 Å². The lowest BCUT2D eigenvalue weighted by molar-refractivity contribution is -0.189.